The number of carbonyl (C=O) groups is 1. The zero-order valence-electron chi connectivity index (χ0n) is 17.7. The molecule has 0 aromatic carbocycles. The summed E-state index contributed by atoms with van der Waals surface area (Å²) in [7, 11) is 5.42. The van der Waals surface area contributed by atoms with Gasteiger partial charge in [0.25, 0.3) is 0 Å². The molecule has 4 rings (SSSR count). The minimum absolute atomic E-state index is 0.00413. The van der Waals surface area contributed by atoms with Gasteiger partial charge in [0.15, 0.2) is 0 Å². The minimum atomic E-state index is 0.00413. The molecule has 1 amide bonds. The third kappa shape index (κ3) is 4.20. The van der Waals surface area contributed by atoms with Crippen molar-refractivity contribution in [2.24, 2.45) is 0 Å². The van der Waals surface area contributed by atoms with E-state index >= 15 is 0 Å². The molecule has 0 aromatic rings. The highest BCUT2D eigenvalue weighted by atomic mass is 16.5. The van der Waals surface area contributed by atoms with Gasteiger partial charge in [0.05, 0.1) is 18.6 Å². The molecule has 6 heteroatoms. The molecule has 0 radical (unpaired) electrons. The first kappa shape index (κ1) is 20.4. The number of hydrogen-bond acceptors (Lipinski definition) is 5. The molecular formula is C23H32N2O4. The number of ether oxygens (including phenoxy) is 2. The van der Waals surface area contributed by atoms with E-state index in [1.807, 2.05) is 42.3 Å². The van der Waals surface area contributed by atoms with Gasteiger partial charge in [-0.3, -0.25) is 9.69 Å². The summed E-state index contributed by atoms with van der Waals surface area (Å²) < 4.78 is 17.4. The number of nitrogens with zero attached hydrogens (tertiary/aromatic N) is 2. The standard InChI is InChI=1S/C23H32N2O4/c1-24(23(26)13-17-10-9-16-7-6-8-20(16)29-17)18-14-21(27-2)22(28-3)15-19(18)25-11-4-5-12-25/h6-10,18-19,21-22H,4-5,11-15H2,1-3H3. The summed E-state index contributed by atoms with van der Waals surface area (Å²) in [6.45, 7) is 2.19. The van der Waals surface area contributed by atoms with Crippen molar-refractivity contribution in [3.05, 3.63) is 36.1 Å². The normalized spacial score (nSPS) is 28.1. The zero-order valence-corrected chi connectivity index (χ0v) is 17.7. The van der Waals surface area contributed by atoms with Crippen LogP contribution in [-0.4, -0.2) is 74.4 Å². The molecule has 0 N–H and O–H groups in total. The van der Waals surface area contributed by atoms with E-state index in [2.05, 4.69) is 4.90 Å². The van der Waals surface area contributed by atoms with Crippen LogP contribution in [0.2, 0.25) is 0 Å². The summed E-state index contributed by atoms with van der Waals surface area (Å²) in [5.41, 5.74) is 1.06. The van der Waals surface area contributed by atoms with Crippen LogP contribution in [0.3, 0.4) is 0 Å². The quantitative estimate of drug-likeness (QED) is 0.746. The predicted molar refractivity (Wildman–Crippen MR) is 111 cm³/mol. The number of hydrogen-bond donors (Lipinski definition) is 0. The summed E-state index contributed by atoms with van der Waals surface area (Å²) in [5, 5.41) is 0. The first-order valence-corrected chi connectivity index (χ1v) is 10.6. The van der Waals surface area contributed by atoms with Gasteiger partial charge in [-0.25, -0.2) is 0 Å². The maximum Gasteiger partial charge on any atom is 0.230 e. The van der Waals surface area contributed by atoms with Crippen LogP contribution >= 0.6 is 0 Å². The van der Waals surface area contributed by atoms with E-state index in [9.17, 15) is 4.79 Å². The first-order valence-electron chi connectivity index (χ1n) is 10.6. The van der Waals surface area contributed by atoms with Gasteiger partial charge in [-0.2, -0.15) is 0 Å². The van der Waals surface area contributed by atoms with Crippen molar-refractivity contribution in [1.82, 2.24) is 9.80 Å². The lowest BCUT2D eigenvalue weighted by Crippen LogP contribution is -2.59. The second kappa shape index (κ2) is 8.86. The van der Waals surface area contributed by atoms with Gasteiger partial charge in [-0.1, -0.05) is 12.1 Å². The fraction of sp³-hybridized carbons (Fsp3) is 0.609. The van der Waals surface area contributed by atoms with Gasteiger partial charge in [0.2, 0.25) is 5.91 Å². The second-order valence-electron chi connectivity index (χ2n) is 8.33. The van der Waals surface area contributed by atoms with Gasteiger partial charge >= 0.3 is 0 Å². The summed E-state index contributed by atoms with van der Waals surface area (Å²) in [4.78, 5) is 17.6. The predicted octanol–water partition coefficient (Wildman–Crippen LogP) is 3.04. The van der Waals surface area contributed by atoms with Crippen LogP contribution in [-0.2, 0) is 20.7 Å². The largest absolute Gasteiger partial charge is 0.461 e. The first-order chi connectivity index (χ1) is 14.1. The van der Waals surface area contributed by atoms with Crippen molar-refractivity contribution in [3.8, 4) is 11.3 Å². The number of fused-ring (bicyclic) bond motifs is 1. The summed E-state index contributed by atoms with van der Waals surface area (Å²) in [6, 6.07) is 10.2. The van der Waals surface area contributed by atoms with Crippen LogP contribution in [0.15, 0.2) is 34.7 Å². The Kier molecular flexibility index (Phi) is 6.23. The van der Waals surface area contributed by atoms with E-state index < -0.39 is 0 Å². The minimum Gasteiger partial charge on any atom is -0.461 e. The Labute approximate surface area is 173 Å². The van der Waals surface area contributed by atoms with Crippen molar-refractivity contribution in [2.75, 3.05) is 34.4 Å². The van der Waals surface area contributed by atoms with Crippen molar-refractivity contribution < 1.29 is 18.7 Å². The number of amides is 1. The average molecular weight is 401 g/mol. The lowest BCUT2D eigenvalue weighted by molar-refractivity contribution is -0.140. The third-order valence-electron chi connectivity index (χ3n) is 6.74. The topological polar surface area (TPSA) is 55.2 Å². The number of rotatable bonds is 6. The highest BCUT2D eigenvalue weighted by Crippen LogP contribution is 2.32. The molecule has 2 fully saturated rings. The lowest BCUT2D eigenvalue weighted by Gasteiger charge is -2.47. The van der Waals surface area contributed by atoms with E-state index in [1.54, 1.807) is 14.2 Å². The summed E-state index contributed by atoms with van der Waals surface area (Å²) >= 11 is 0. The van der Waals surface area contributed by atoms with Gasteiger partial charge < -0.3 is 18.8 Å². The molecular weight excluding hydrogens is 368 g/mol. The molecule has 2 heterocycles. The smallest absolute Gasteiger partial charge is 0.230 e. The molecule has 0 aromatic heterocycles. The molecule has 29 heavy (non-hydrogen) atoms. The number of carbonyl (C=O) groups excluding carboxylic acids is 1. The van der Waals surface area contributed by atoms with Crippen LogP contribution in [0.5, 0.6) is 0 Å². The molecule has 1 saturated heterocycles. The molecule has 4 unspecified atom stereocenters. The lowest BCUT2D eigenvalue weighted by atomic mass is 9.84. The fourth-order valence-electron chi connectivity index (χ4n) is 5.03. The average Bonchev–Trinajstić information content (AvgIpc) is 3.43. The zero-order chi connectivity index (χ0) is 20.4. The van der Waals surface area contributed by atoms with E-state index in [-0.39, 0.29) is 30.6 Å². The molecule has 2 aliphatic heterocycles. The van der Waals surface area contributed by atoms with Crippen molar-refractivity contribution in [1.29, 1.82) is 0 Å². The van der Waals surface area contributed by atoms with E-state index in [4.69, 9.17) is 13.9 Å². The fourth-order valence-corrected chi connectivity index (χ4v) is 5.03. The molecule has 4 atom stereocenters. The van der Waals surface area contributed by atoms with Gasteiger partial charge in [-0.15, -0.1) is 0 Å². The van der Waals surface area contributed by atoms with E-state index in [0.717, 1.165) is 37.3 Å². The second-order valence-corrected chi connectivity index (χ2v) is 8.33. The highest BCUT2D eigenvalue weighted by Gasteiger charge is 2.43. The van der Waals surface area contributed by atoms with Crippen molar-refractivity contribution in [3.63, 3.8) is 0 Å². The summed E-state index contributed by atoms with van der Waals surface area (Å²) in [6.07, 6.45) is 4.48. The van der Waals surface area contributed by atoms with Crippen LogP contribution in [0, 0.1) is 0 Å². The Balaban J connectivity index is 1.51. The molecule has 6 nitrogen and oxygen atoms in total. The van der Waals surface area contributed by atoms with Crippen LogP contribution in [0.4, 0.5) is 0 Å². The van der Waals surface area contributed by atoms with Crippen LogP contribution in [0.1, 0.15) is 31.4 Å². The molecule has 4 aliphatic rings. The Morgan fingerprint density at radius 3 is 2.55 bits per heavy atom. The SMILES string of the molecule is COC1CC(N2CCCC2)C(N(C)C(=O)Cc2ccc3cccc-3o2)CC1OC. The Bertz CT molecular complexity index is 785. The molecule has 0 bridgehead atoms. The molecule has 0 spiro atoms. The van der Waals surface area contributed by atoms with Crippen LogP contribution < -0.4 is 0 Å². The third-order valence-corrected chi connectivity index (χ3v) is 6.74. The number of likely N-dealkylation sites (tertiary alicyclic amines) is 1. The van der Waals surface area contributed by atoms with Crippen LogP contribution in [0.25, 0.3) is 11.3 Å². The molecule has 158 valence electrons. The molecule has 1 saturated carbocycles. The Morgan fingerprint density at radius 1 is 1.10 bits per heavy atom. The van der Waals surface area contributed by atoms with Gasteiger partial charge in [0, 0.05) is 38.9 Å². The highest BCUT2D eigenvalue weighted by molar-refractivity contribution is 5.78. The van der Waals surface area contributed by atoms with E-state index in [1.165, 1.54) is 12.8 Å². The Hall–Kier alpha value is -1.89. The van der Waals surface area contributed by atoms with Crippen molar-refractivity contribution >= 4 is 5.91 Å². The number of methoxy groups -OCH3 is 2. The summed E-state index contributed by atoms with van der Waals surface area (Å²) in [5.74, 6) is 1.61. The maximum absolute atomic E-state index is 13.2. The maximum atomic E-state index is 13.2. The van der Waals surface area contributed by atoms with Gasteiger partial charge in [0.1, 0.15) is 11.5 Å². The molecule has 2 aliphatic carbocycles. The van der Waals surface area contributed by atoms with Crippen molar-refractivity contribution in [2.45, 2.75) is 56.4 Å². The van der Waals surface area contributed by atoms with E-state index in [0.29, 0.717) is 11.8 Å². The monoisotopic (exact) mass is 400 g/mol. The Morgan fingerprint density at radius 2 is 1.83 bits per heavy atom. The number of likely N-dealkylation sites (N-methyl/N-ethyl adjacent to an activating group) is 1. The van der Waals surface area contributed by atoms with Gasteiger partial charge in [-0.05, 0) is 57.0 Å².